The monoisotopic (exact) mass is 381 g/mol. The van der Waals surface area contributed by atoms with Gasteiger partial charge in [0.05, 0.1) is 13.2 Å². The molecular formula is C19H35N3O3Si. The van der Waals surface area contributed by atoms with Crippen molar-refractivity contribution in [2.75, 3.05) is 32.8 Å². The standard InChI is InChI=1S/C19H35N3O3Si/c1-19(2,3)26(4,5)16-10-14-25-15-13-22-18(24)21-12-9-7-6-8-11-20-17-23/h6-9,11-15H2,1-5H3,(H2,21,22,24). The minimum Gasteiger partial charge on any atom is -0.367 e. The Labute approximate surface area is 159 Å². The van der Waals surface area contributed by atoms with Crippen LogP contribution in [0, 0.1) is 11.5 Å². The number of hydrogen-bond acceptors (Lipinski definition) is 4. The summed E-state index contributed by atoms with van der Waals surface area (Å²) in [4.78, 5) is 25.0. The molecule has 0 radical (unpaired) electrons. The number of unbranched alkanes of at least 4 members (excludes halogenated alkanes) is 3. The van der Waals surface area contributed by atoms with Crippen molar-refractivity contribution in [3.05, 3.63) is 0 Å². The van der Waals surface area contributed by atoms with Crippen molar-refractivity contribution in [3.8, 4) is 11.5 Å². The molecule has 26 heavy (non-hydrogen) atoms. The summed E-state index contributed by atoms with van der Waals surface area (Å²) in [6, 6.07) is -0.175. The Morgan fingerprint density at radius 2 is 1.73 bits per heavy atom. The largest absolute Gasteiger partial charge is 0.367 e. The van der Waals surface area contributed by atoms with Crippen molar-refractivity contribution < 1.29 is 14.3 Å². The Kier molecular flexibility index (Phi) is 12.7. The molecule has 2 N–H and O–H groups in total. The molecule has 0 bridgehead atoms. The molecule has 0 aromatic heterocycles. The lowest BCUT2D eigenvalue weighted by atomic mass is 10.2. The number of carbonyl (C=O) groups excluding carboxylic acids is 2. The van der Waals surface area contributed by atoms with Crippen LogP contribution in [-0.4, -0.2) is 53.0 Å². The Morgan fingerprint density at radius 3 is 2.38 bits per heavy atom. The van der Waals surface area contributed by atoms with Gasteiger partial charge in [-0.25, -0.2) is 14.6 Å². The van der Waals surface area contributed by atoms with Crippen molar-refractivity contribution in [1.82, 2.24) is 10.6 Å². The van der Waals surface area contributed by atoms with E-state index in [1.165, 1.54) is 6.08 Å². The number of carbonyl (C=O) groups is 1. The fourth-order valence-corrected chi connectivity index (χ4v) is 2.67. The highest BCUT2D eigenvalue weighted by atomic mass is 28.3. The first-order valence-electron chi connectivity index (χ1n) is 9.34. The third-order valence-electron chi connectivity index (χ3n) is 4.53. The number of amides is 2. The van der Waals surface area contributed by atoms with Gasteiger partial charge in [0.25, 0.3) is 0 Å². The Hall–Kier alpha value is -1.61. The van der Waals surface area contributed by atoms with Crippen LogP contribution >= 0.6 is 0 Å². The molecule has 0 unspecified atom stereocenters. The van der Waals surface area contributed by atoms with Crippen molar-refractivity contribution in [3.63, 3.8) is 0 Å². The molecule has 0 fully saturated rings. The Balaban J connectivity index is 3.60. The molecule has 0 rings (SSSR count). The van der Waals surface area contributed by atoms with Crippen molar-refractivity contribution in [2.24, 2.45) is 4.99 Å². The van der Waals surface area contributed by atoms with Crippen LogP contribution in [0.15, 0.2) is 4.99 Å². The highest BCUT2D eigenvalue weighted by molar-refractivity contribution is 6.87. The van der Waals surface area contributed by atoms with Crippen LogP contribution in [0.2, 0.25) is 18.1 Å². The third-order valence-corrected chi connectivity index (χ3v) is 9.08. The van der Waals surface area contributed by atoms with E-state index in [2.05, 4.69) is 61.0 Å². The lowest BCUT2D eigenvalue weighted by molar-refractivity contribution is 0.168. The van der Waals surface area contributed by atoms with Crippen LogP contribution in [0.1, 0.15) is 46.5 Å². The van der Waals surface area contributed by atoms with Crippen LogP contribution in [0.25, 0.3) is 0 Å². The van der Waals surface area contributed by atoms with Gasteiger partial charge < -0.3 is 15.4 Å². The molecule has 0 aliphatic carbocycles. The Bertz CT molecular complexity index is 512. The first kappa shape index (κ1) is 24.4. The van der Waals surface area contributed by atoms with E-state index in [0.29, 0.717) is 32.8 Å². The second-order valence-electron chi connectivity index (χ2n) is 7.80. The zero-order valence-electron chi connectivity index (χ0n) is 17.0. The fourth-order valence-electron chi connectivity index (χ4n) is 1.78. The molecule has 6 nitrogen and oxygen atoms in total. The average molecular weight is 382 g/mol. The fraction of sp³-hybridized carbons (Fsp3) is 0.789. The van der Waals surface area contributed by atoms with Gasteiger partial charge in [0, 0.05) is 13.1 Å². The van der Waals surface area contributed by atoms with Gasteiger partial charge in [-0.15, -0.1) is 5.54 Å². The van der Waals surface area contributed by atoms with E-state index >= 15 is 0 Å². The van der Waals surface area contributed by atoms with Crippen LogP contribution in [0.3, 0.4) is 0 Å². The summed E-state index contributed by atoms with van der Waals surface area (Å²) in [6.45, 7) is 13.8. The number of rotatable bonds is 11. The third kappa shape index (κ3) is 12.7. The lowest BCUT2D eigenvalue weighted by Gasteiger charge is -2.31. The number of urea groups is 1. The van der Waals surface area contributed by atoms with Crippen LogP contribution < -0.4 is 10.6 Å². The zero-order chi connectivity index (χ0) is 19.9. The molecule has 0 aliphatic heterocycles. The summed E-state index contributed by atoms with van der Waals surface area (Å²) >= 11 is 0. The van der Waals surface area contributed by atoms with Gasteiger partial charge in [0.2, 0.25) is 6.08 Å². The molecule has 0 heterocycles. The van der Waals surface area contributed by atoms with E-state index in [1.807, 2.05) is 0 Å². The summed E-state index contributed by atoms with van der Waals surface area (Å²) in [5.41, 5.74) is 3.39. The van der Waals surface area contributed by atoms with Crippen molar-refractivity contribution in [1.29, 1.82) is 0 Å². The van der Waals surface area contributed by atoms with Gasteiger partial charge in [-0.3, -0.25) is 0 Å². The summed E-state index contributed by atoms with van der Waals surface area (Å²) in [6.07, 6.45) is 5.33. The minimum atomic E-state index is -1.57. The first-order valence-corrected chi connectivity index (χ1v) is 12.3. The van der Waals surface area contributed by atoms with Gasteiger partial charge in [0.1, 0.15) is 14.7 Å². The highest BCUT2D eigenvalue weighted by Gasteiger charge is 2.33. The number of nitrogens with one attached hydrogen (secondary N) is 2. The molecule has 148 valence electrons. The maximum absolute atomic E-state index is 11.6. The lowest BCUT2D eigenvalue weighted by Crippen LogP contribution is -2.37. The van der Waals surface area contributed by atoms with Gasteiger partial charge >= 0.3 is 6.03 Å². The molecule has 2 amide bonds. The number of hydrogen-bond donors (Lipinski definition) is 2. The van der Waals surface area contributed by atoms with E-state index in [0.717, 1.165) is 25.7 Å². The SMILES string of the molecule is CC(C)(C)[Si](C)(C)C#CCOCCNC(=O)NCCCCCCN=C=O. The van der Waals surface area contributed by atoms with E-state index < -0.39 is 8.07 Å². The molecule has 0 spiro atoms. The highest BCUT2D eigenvalue weighted by Crippen LogP contribution is 2.34. The molecule has 7 heteroatoms. The number of ether oxygens (including phenoxy) is 1. The van der Waals surface area contributed by atoms with Crippen LogP contribution in [0.5, 0.6) is 0 Å². The number of isocyanates is 1. The van der Waals surface area contributed by atoms with E-state index in [1.54, 1.807) is 0 Å². The Morgan fingerprint density at radius 1 is 1.08 bits per heavy atom. The number of aliphatic imine (C=N–C) groups is 1. The zero-order valence-corrected chi connectivity index (χ0v) is 18.0. The predicted octanol–water partition coefficient (Wildman–Crippen LogP) is 3.25. The smallest absolute Gasteiger partial charge is 0.314 e. The molecular weight excluding hydrogens is 346 g/mol. The van der Waals surface area contributed by atoms with Crippen molar-refractivity contribution >= 4 is 20.2 Å². The van der Waals surface area contributed by atoms with Gasteiger partial charge in [-0.05, 0) is 17.9 Å². The first-order chi connectivity index (χ1) is 12.2. The van der Waals surface area contributed by atoms with Crippen LogP contribution in [-0.2, 0) is 9.53 Å². The second-order valence-corrected chi connectivity index (χ2v) is 12.8. The molecule has 0 saturated heterocycles. The van der Waals surface area contributed by atoms with Crippen molar-refractivity contribution in [2.45, 2.75) is 64.6 Å². The predicted molar refractivity (Wildman–Crippen MR) is 109 cm³/mol. The number of nitrogens with zero attached hydrogens (tertiary/aromatic N) is 1. The summed E-state index contributed by atoms with van der Waals surface area (Å²) in [7, 11) is -1.57. The minimum absolute atomic E-state index is 0.175. The topological polar surface area (TPSA) is 79.8 Å². The molecule has 0 saturated carbocycles. The second kappa shape index (κ2) is 13.6. The van der Waals surface area contributed by atoms with Gasteiger partial charge in [-0.2, -0.15) is 0 Å². The normalized spacial score (nSPS) is 11.1. The summed E-state index contributed by atoms with van der Waals surface area (Å²) in [5, 5.41) is 5.82. The summed E-state index contributed by atoms with van der Waals surface area (Å²) < 4.78 is 5.45. The van der Waals surface area contributed by atoms with Gasteiger partial charge in [0.15, 0.2) is 0 Å². The average Bonchev–Trinajstić information content (AvgIpc) is 2.55. The van der Waals surface area contributed by atoms with E-state index in [-0.39, 0.29) is 11.1 Å². The quantitative estimate of drug-likeness (QED) is 0.190. The van der Waals surface area contributed by atoms with E-state index in [9.17, 15) is 9.59 Å². The maximum Gasteiger partial charge on any atom is 0.314 e. The maximum atomic E-state index is 11.6. The van der Waals surface area contributed by atoms with Gasteiger partial charge in [-0.1, -0.05) is 52.6 Å². The summed E-state index contributed by atoms with van der Waals surface area (Å²) in [5.74, 6) is 3.12. The molecule has 0 aromatic carbocycles. The molecule has 0 aliphatic rings. The molecule has 0 atom stereocenters. The molecule has 0 aromatic rings. The van der Waals surface area contributed by atoms with Crippen LogP contribution in [0.4, 0.5) is 4.79 Å². The van der Waals surface area contributed by atoms with E-state index in [4.69, 9.17) is 4.74 Å².